The number of rotatable bonds is 9. The lowest BCUT2D eigenvalue weighted by molar-refractivity contribution is 0.126. The topological polar surface area (TPSA) is 21.7 Å². The standard InChI is InChI=1S/C11H25NO2/c1-11(2)10-12(7-9-14-4)6-5-8-13-3/h11H,5-10H2,1-4H3. The van der Waals surface area contributed by atoms with Crippen LogP contribution < -0.4 is 0 Å². The first-order valence-electron chi connectivity index (χ1n) is 5.41. The molecule has 3 nitrogen and oxygen atoms in total. The van der Waals surface area contributed by atoms with Gasteiger partial charge in [0.05, 0.1) is 6.61 Å². The summed E-state index contributed by atoms with van der Waals surface area (Å²) in [6.07, 6.45) is 1.10. The van der Waals surface area contributed by atoms with Crippen LogP contribution in [0.25, 0.3) is 0 Å². The van der Waals surface area contributed by atoms with Crippen molar-refractivity contribution >= 4 is 0 Å². The normalized spacial score (nSPS) is 11.6. The van der Waals surface area contributed by atoms with E-state index < -0.39 is 0 Å². The van der Waals surface area contributed by atoms with Gasteiger partial charge in [-0.25, -0.2) is 0 Å². The summed E-state index contributed by atoms with van der Waals surface area (Å²) in [4.78, 5) is 2.44. The van der Waals surface area contributed by atoms with E-state index in [2.05, 4.69) is 18.7 Å². The molecule has 3 heteroatoms. The Hall–Kier alpha value is -0.120. The molecule has 0 aliphatic rings. The molecule has 0 saturated heterocycles. The zero-order chi connectivity index (χ0) is 10.8. The Morgan fingerprint density at radius 3 is 2.14 bits per heavy atom. The van der Waals surface area contributed by atoms with E-state index in [9.17, 15) is 0 Å². The lowest BCUT2D eigenvalue weighted by atomic mass is 10.2. The minimum Gasteiger partial charge on any atom is -0.385 e. The molecular formula is C11H25NO2. The molecule has 0 atom stereocenters. The summed E-state index contributed by atoms with van der Waals surface area (Å²) in [5.41, 5.74) is 0. The summed E-state index contributed by atoms with van der Waals surface area (Å²) in [5.74, 6) is 0.717. The Morgan fingerprint density at radius 1 is 1.00 bits per heavy atom. The van der Waals surface area contributed by atoms with Gasteiger partial charge < -0.3 is 14.4 Å². The van der Waals surface area contributed by atoms with Gasteiger partial charge in [0.15, 0.2) is 0 Å². The first-order chi connectivity index (χ1) is 6.70. The van der Waals surface area contributed by atoms with Crippen LogP contribution in [0.4, 0.5) is 0 Å². The van der Waals surface area contributed by atoms with Crippen molar-refractivity contribution in [2.45, 2.75) is 20.3 Å². The fraction of sp³-hybridized carbons (Fsp3) is 1.00. The Morgan fingerprint density at radius 2 is 1.64 bits per heavy atom. The van der Waals surface area contributed by atoms with Crippen molar-refractivity contribution in [3.05, 3.63) is 0 Å². The van der Waals surface area contributed by atoms with Gasteiger partial charge in [-0.1, -0.05) is 13.8 Å². The van der Waals surface area contributed by atoms with Gasteiger partial charge >= 0.3 is 0 Å². The van der Waals surface area contributed by atoms with Crippen molar-refractivity contribution in [1.82, 2.24) is 4.90 Å². The van der Waals surface area contributed by atoms with Gasteiger partial charge in [0.25, 0.3) is 0 Å². The van der Waals surface area contributed by atoms with E-state index in [1.807, 2.05) is 0 Å². The zero-order valence-electron chi connectivity index (χ0n) is 10.1. The van der Waals surface area contributed by atoms with E-state index in [-0.39, 0.29) is 0 Å². The lowest BCUT2D eigenvalue weighted by Crippen LogP contribution is -2.32. The molecule has 0 amide bonds. The van der Waals surface area contributed by atoms with Gasteiger partial charge in [-0.3, -0.25) is 0 Å². The highest BCUT2D eigenvalue weighted by atomic mass is 16.5. The smallest absolute Gasteiger partial charge is 0.0589 e. The summed E-state index contributed by atoms with van der Waals surface area (Å²) >= 11 is 0. The third kappa shape index (κ3) is 8.48. The van der Waals surface area contributed by atoms with E-state index in [4.69, 9.17) is 9.47 Å². The van der Waals surface area contributed by atoms with Gasteiger partial charge in [-0.15, -0.1) is 0 Å². The van der Waals surface area contributed by atoms with Gasteiger partial charge in [0.1, 0.15) is 0 Å². The first-order valence-corrected chi connectivity index (χ1v) is 5.41. The van der Waals surface area contributed by atoms with Crippen LogP contribution in [0, 0.1) is 5.92 Å². The van der Waals surface area contributed by atoms with Crippen LogP contribution in [-0.2, 0) is 9.47 Å². The summed E-state index contributed by atoms with van der Waals surface area (Å²) in [7, 11) is 3.50. The molecule has 0 rings (SSSR count). The van der Waals surface area contributed by atoms with Crippen molar-refractivity contribution in [1.29, 1.82) is 0 Å². The molecule has 0 fully saturated rings. The number of ether oxygens (including phenoxy) is 2. The molecule has 0 N–H and O–H groups in total. The van der Waals surface area contributed by atoms with Gasteiger partial charge in [0, 0.05) is 40.5 Å². The summed E-state index contributed by atoms with van der Waals surface area (Å²) in [6.45, 7) is 9.44. The van der Waals surface area contributed by atoms with E-state index in [0.717, 1.165) is 45.2 Å². The highest BCUT2D eigenvalue weighted by Crippen LogP contribution is 1.99. The highest BCUT2D eigenvalue weighted by molar-refractivity contribution is 4.59. The Labute approximate surface area is 88.4 Å². The SMILES string of the molecule is COCCCN(CCOC)CC(C)C. The molecule has 0 aliphatic heterocycles. The maximum atomic E-state index is 5.09. The molecule has 0 saturated carbocycles. The monoisotopic (exact) mass is 203 g/mol. The zero-order valence-corrected chi connectivity index (χ0v) is 10.1. The average molecular weight is 203 g/mol. The summed E-state index contributed by atoms with van der Waals surface area (Å²) in [6, 6.07) is 0. The Kier molecular flexibility index (Phi) is 9.35. The molecule has 0 spiro atoms. The quantitative estimate of drug-likeness (QED) is 0.532. The Balaban J connectivity index is 3.61. The molecule has 86 valence electrons. The summed E-state index contributed by atoms with van der Waals surface area (Å²) in [5, 5.41) is 0. The molecule has 0 aromatic heterocycles. The molecule has 0 bridgehead atoms. The van der Waals surface area contributed by atoms with Crippen molar-refractivity contribution in [2.24, 2.45) is 5.92 Å². The van der Waals surface area contributed by atoms with Crippen LogP contribution in [0.15, 0.2) is 0 Å². The minimum atomic E-state index is 0.717. The van der Waals surface area contributed by atoms with Gasteiger partial charge in [-0.2, -0.15) is 0 Å². The van der Waals surface area contributed by atoms with Crippen molar-refractivity contribution in [2.75, 3.05) is 47.1 Å². The average Bonchev–Trinajstić information content (AvgIpc) is 2.13. The van der Waals surface area contributed by atoms with Gasteiger partial charge in [-0.05, 0) is 12.3 Å². The van der Waals surface area contributed by atoms with Crippen molar-refractivity contribution < 1.29 is 9.47 Å². The molecule has 0 aliphatic carbocycles. The number of methoxy groups -OCH3 is 2. The summed E-state index contributed by atoms with van der Waals surface area (Å²) < 4.78 is 10.1. The van der Waals surface area contributed by atoms with Crippen LogP contribution in [0.3, 0.4) is 0 Å². The molecule has 0 heterocycles. The first kappa shape index (κ1) is 13.9. The Bertz CT molecular complexity index is 118. The van der Waals surface area contributed by atoms with E-state index in [1.54, 1.807) is 14.2 Å². The lowest BCUT2D eigenvalue weighted by Gasteiger charge is -2.23. The van der Waals surface area contributed by atoms with E-state index in [0.29, 0.717) is 0 Å². The van der Waals surface area contributed by atoms with Crippen molar-refractivity contribution in [3.8, 4) is 0 Å². The largest absolute Gasteiger partial charge is 0.385 e. The van der Waals surface area contributed by atoms with Crippen LogP contribution in [-0.4, -0.2) is 52.0 Å². The van der Waals surface area contributed by atoms with E-state index in [1.165, 1.54) is 0 Å². The highest BCUT2D eigenvalue weighted by Gasteiger charge is 2.06. The minimum absolute atomic E-state index is 0.717. The van der Waals surface area contributed by atoms with Gasteiger partial charge in [0.2, 0.25) is 0 Å². The van der Waals surface area contributed by atoms with Crippen LogP contribution in [0.2, 0.25) is 0 Å². The molecule has 0 radical (unpaired) electrons. The number of hydrogen-bond acceptors (Lipinski definition) is 3. The number of hydrogen-bond donors (Lipinski definition) is 0. The molecule has 0 unspecified atom stereocenters. The predicted molar refractivity (Wildman–Crippen MR) is 59.6 cm³/mol. The maximum Gasteiger partial charge on any atom is 0.0589 e. The van der Waals surface area contributed by atoms with E-state index >= 15 is 0 Å². The third-order valence-corrected chi connectivity index (χ3v) is 2.06. The maximum absolute atomic E-state index is 5.09. The molecular weight excluding hydrogens is 178 g/mol. The third-order valence-electron chi connectivity index (χ3n) is 2.06. The second kappa shape index (κ2) is 9.44. The fourth-order valence-corrected chi connectivity index (χ4v) is 1.46. The van der Waals surface area contributed by atoms with Crippen LogP contribution in [0.1, 0.15) is 20.3 Å². The number of nitrogens with zero attached hydrogens (tertiary/aromatic N) is 1. The van der Waals surface area contributed by atoms with Crippen molar-refractivity contribution in [3.63, 3.8) is 0 Å². The second-order valence-corrected chi connectivity index (χ2v) is 4.03. The molecule has 14 heavy (non-hydrogen) atoms. The predicted octanol–water partition coefficient (Wildman–Crippen LogP) is 1.63. The second-order valence-electron chi connectivity index (χ2n) is 4.03. The molecule has 0 aromatic carbocycles. The van der Waals surface area contributed by atoms with Crippen LogP contribution in [0.5, 0.6) is 0 Å². The fourth-order valence-electron chi connectivity index (χ4n) is 1.46. The molecule has 0 aromatic rings. The van der Waals surface area contributed by atoms with Crippen LogP contribution >= 0.6 is 0 Å².